The zero-order valence-electron chi connectivity index (χ0n) is 11.3. The minimum absolute atomic E-state index is 0.116. The Bertz CT molecular complexity index is 530. The number of amides is 2. The second-order valence-electron chi connectivity index (χ2n) is 4.55. The summed E-state index contributed by atoms with van der Waals surface area (Å²) in [5.74, 6) is -1.30. The predicted molar refractivity (Wildman–Crippen MR) is 73.0 cm³/mol. The van der Waals surface area contributed by atoms with Gasteiger partial charge < -0.3 is 11.1 Å². The fourth-order valence-corrected chi connectivity index (χ4v) is 1.71. The van der Waals surface area contributed by atoms with Crippen LogP contribution < -0.4 is 11.1 Å². The van der Waals surface area contributed by atoms with Crippen molar-refractivity contribution in [2.24, 2.45) is 11.7 Å². The van der Waals surface area contributed by atoms with Gasteiger partial charge in [0.25, 0.3) is 11.6 Å². The van der Waals surface area contributed by atoms with Gasteiger partial charge in [0.1, 0.15) is 6.04 Å². The second-order valence-corrected chi connectivity index (χ2v) is 4.55. The highest BCUT2D eigenvalue weighted by Crippen LogP contribution is 2.14. The Hall–Kier alpha value is -2.44. The van der Waals surface area contributed by atoms with Crippen LogP contribution in [-0.2, 0) is 4.79 Å². The van der Waals surface area contributed by atoms with Gasteiger partial charge in [-0.3, -0.25) is 19.7 Å². The number of hydrogen-bond acceptors (Lipinski definition) is 4. The topological polar surface area (TPSA) is 115 Å². The monoisotopic (exact) mass is 279 g/mol. The van der Waals surface area contributed by atoms with Gasteiger partial charge in [-0.25, -0.2) is 0 Å². The van der Waals surface area contributed by atoms with Gasteiger partial charge >= 0.3 is 0 Å². The molecule has 2 amide bonds. The molecule has 7 nitrogen and oxygen atoms in total. The number of hydrogen-bond donors (Lipinski definition) is 2. The number of nitro groups is 1. The van der Waals surface area contributed by atoms with E-state index in [1.54, 1.807) is 6.92 Å². The molecule has 0 saturated carbocycles. The number of nitrogens with two attached hydrogens (primary N) is 1. The molecule has 1 aromatic carbocycles. The normalized spacial score (nSPS) is 13.3. The molecule has 2 atom stereocenters. The maximum absolute atomic E-state index is 12.0. The Balaban J connectivity index is 2.92. The summed E-state index contributed by atoms with van der Waals surface area (Å²) >= 11 is 0. The molecule has 1 rings (SSSR count). The van der Waals surface area contributed by atoms with Crippen molar-refractivity contribution in [1.29, 1.82) is 0 Å². The molecule has 0 bridgehead atoms. The van der Waals surface area contributed by atoms with Crippen LogP contribution in [0.4, 0.5) is 5.69 Å². The molecular formula is C13H17N3O4. The number of nitro benzene ring substituents is 1. The van der Waals surface area contributed by atoms with Gasteiger partial charge in [0, 0.05) is 17.7 Å². The number of carbonyl (C=O) groups excluding carboxylic acids is 2. The minimum Gasteiger partial charge on any atom is -0.368 e. The van der Waals surface area contributed by atoms with E-state index in [4.69, 9.17) is 5.73 Å². The van der Waals surface area contributed by atoms with Gasteiger partial charge in [0.2, 0.25) is 5.91 Å². The lowest BCUT2D eigenvalue weighted by Gasteiger charge is -2.21. The Morgan fingerprint density at radius 1 is 1.45 bits per heavy atom. The molecule has 0 aliphatic heterocycles. The van der Waals surface area contributed by atoms with Gasteiger partial charge in [-0.2, -0.15) is 0 Å². The Morgan fingerprint density at radius 2 is 2.10 bits per heavy atom. The van der Waals surface area contributed by atoms with Crippen LogP contribution >= 0.6 is 0 Å². The fraction of sp³-hybridized carbons (Fsp3) is 0.385. The maximum atomic E-state index is 12.0. The van der Waals surface area contributed by atoms with Crippen LogP contribution in [0.2, 0.25) is 0 Å². The number of rotatable bonds is 6. The highest BCUT2D eigenvalue weighted by atomic mass is 16.6. The van der Waals surface area contributed by atoms with E-state index >= 15 is 0 Å². The average molecular weight is 279 g/mol. The van der Waals surface area contributed by atoms with Crippen molar-refractivity contribution in [3.05, 3.63) is 39.9 Å². The van der Waals surface area contributed by atoms with Crippen LogP contribution in [0.3, 0.4) is 0 Å². The number of benzene rings is 1. The predicted octanol–water partition coefficient (Wildman–Crippen LogP) is 1.22. The molecule has 0 spiro atoms. The quantitative estimate of drug-likeness (QED) is 0.601. The minimum atomic E-state index is -0.799. The summed E-state index contributed by atoms with van der Waals surface area (Å²) < 4.78 is 0. The van der Waals surface area contributed by atoms with E-state index in [1.807, 2.05) is 6.92 Å². The van der Waals surface area contributed by atoms with E-state index in [0.717, 1.165) is 6.07 Å². The van der Waals surface area contributed by atoms with E-state index in [-0.39, 0.29) is 17.2 Å². The first-order chi connectivity index (χ1) is 9.36. The zero-order chi connectivity index (χ0) is 15.3. The Labute approximate surface area is 116 Å². The largest absolute Gasteiger partial charge is 0.368 e. The smallest absolute Gasteiger partial charge is 0.270 e. The molecule has 108 valence electrons. The third-order valence-corrected chi connectivity index (χ3v) is 3.13. The molecule has 0 aromatic heterocycles. The lowest BCUT2D eigenvalue weighted by molar-refractivity contribution is -0.384. The highest BCUT2D eigenvalue weighted by Gasteiger charge is 2.24. The summed E-state index contributed by atoms with van der Waals surface area (Å²) in [5.41, 5.74) is 5.19. The molecule has 0 aliphatic carbocycles. The van der Waals surface area contributed by atoms with E-state index < -0.39 is 22.8 Å². The van der Waals surface area contributed by atoms with Crippen molar-refractivity contribution in [1.82, 2.24) is 5.32 Å². The molecule has 7 heteroatoms. The lowest BCUT2D eigenvalue weighted by Crippen LogP contribution is -2.48. The molecule has 1 aromatic rings. The van der Waals surface area contributed by atoms with Gasteiger partial charge in [-0.1, -0.05) is 26.3 Å². The van der Waals surface area contributed by atoms with E-state index in [9.17, 15) is 19.7 Å². The number of carbonyl (C=O) groups is 2. The molecule has 0 saturated heterocycles. The summed E-state index contributed by atoms with van der Waals surface area (Å²) in [7, 11) is 0. The number of nitrogens with zero attached hydrogens (tertiary/aromatic N) is 1. The summed E-state index contributed by atoms with van der Waals surface area (Å²) in [4.78, 5) is 33.4. The first-order valence-electron chi connectivity index (χ1n) is 6.21. The summed E-state index contributed by atoms with van der Waals surface area (Å²) in [5, 5.41) is 13.2. The molecule has 20 heavy (non-hydrogen) atoms. The summed E-state index contributed by atoms with van der Waals surface area (Å²) in [6.45, 7) is 3.67. The van der Waals surface area contributed by atoms with Crippen LogP contribution in [0.5, 0.6) is 0 Å². The van der Waals surface area contributed by atoms with Crippen LogP contribution in [0.25, 0.3) is 0 Å². The SMILES string of the molecule is CC[C@H](C)[C@@H](NC(=O)c1cccc([N+](=O)[O-])c1)C(N)=O. The van der Waals surface area contributed by atoms with Gasteiger partial charge in [-0.15, -0.1) is 0 Å². The van der Waals surface area contributed by atoms with Crippen molar-refractivity contribution in [2.75, 3.05) is 0 Å². The molecule has 0 fully saturated rings. The maximum Gasteiger partial charge on any atom is 0.270 e. The fourth-order valence-electron chi connectivity index (χ4n) is 1.71. The Morgan fingerprint density at radius 3 is 2.60 bits per heavy atom. The standard InChI is InChI=1S/C13H17N3O4/c1-3-8(2)11(12(14)17)15-13(18)9-5-4-6-10(7-9)16(19)20/h4-8,11H,3H2,1-2H3,(H2,14,17)(H,15,18)/t8-,11+/m0/s1. The van der Waals surface area contributed by atoms with Crippen LogP contribution in [0, 0.1) is 16.0 Å². The van der Waals surface area contributed by atoms with Crippen molar-refractivity contribution >= 4 is 17.5 Å². The summed E-state index contributed by atoms with van der Waals surface area (Å²) in [6.07, 6.45) is 0.669. The van der Waals surface area contributed by atoms with Crippen LogP contribution in [0.15, 0.2) is 24.3 Å². The number of nitrogens with one attached hydrogen (secondary N) is 1. The van der Waals surface area contributed by atoms with Gasteiger partial charge in [0.05, 0.1) is 4.92 Å². The summed E-state index contributed by atoms with van der Waals surface area (Å²) in [6, 6.07) is 4.50. The molecule has 0 radical (unpaired) electrons. The van der Waals surface area contributed by atoms with Crippen molar-refractivity contribution in [3.8, 4) is 0 Å². The second kappa shape index (κ2) is 6.65. The average Bonchev–Trinajstić information content (AvgIpc) is 2.43. The van der Waals surface area contributed by atoms with Gasteiger partial charge in [0.15, 0.2) is 0 Å². The zero-order valence-corrected chi connectivity index (χ0v) is 11.3. The molecule has 0 aliphatic rings. The lowest BCUT2D eigenvalue weighted by atomic mass is 9.98. The molecular weight excluding hydrogens is 262 g/mol. The van der Waals surface area contributed by atoms with Crippen molar-refractivity contribution < 1.29 is 14.5 Å². The van der Waals surface area contributed by atoms with Crippen LogP contribution in [-0.4, -0.2) is 22.8 Å². The Kier molecular flexibility index (Phi) is 5.19. The van der Waals surface area contributed by atoms with E-state index in [1.165, 1.54) is 18.2 Å². The van der Waals surface area contributed by atoms with E-state index in [0.29, 0.717) is 6.42 Å². The first kappa shape index (κ1) is 15.6. The van der Waals surface area contributed by atoms with Crippen molar-refractivity contribution in [2.45, 2.75) is 26.3 Å². The molecule has 3 N–H and O–H groups in total. The molecule has 0 unspecified atom stereocenters. The van der Waals surface area contributed by atoms with Crippen molar-refractivity contribution in [3.63, 3.8) is 0 Å². The molecule has 0 heterocycles. The third-order valence-electron chi connectivity index (χ3n) is 3.13. The third kappa shape index (κ3) is 3.78. The number of non-ortho nitro benzene ring substituents is 1. The first-order valence-corrected chi connectivity index (χ1v) is 6.21. The van der Waals surface area contributed by atoms with Gasteiger partial charge in [-0.05, 0) is 12.0 Å². The van der Waals surface area contributed by atoms with E-state index in [2.05, 4.69) is 5.32 Å². The number of primary amides is 1. The van der Waals surface area contributed by atoms with Crippen LogP contribution in [0.1, 0.15) is 30.6 Å². The highest BCUT2D eigenvalue weighted by molar-refractivity contribution is 5.97.